The molecule has 42 heavy (non-hydrogen) atoms. The first kappa shape index (κ1) is 33.1. The Morgan fingerprint density at radius 1 is 1.05 bits per heavy atom. The number of carbonyl (C=O) groups is 1. The van der Waals surface area contributed by atoms with E-state index in [4.69, 9.17) is 9.47 Å². The summed E-state index contributed by atoms with van der Waals surface area (Å²) in [6, 6.07) is 0. The average molecular weight is 589 g/mol. The van der Waals surface area contributed by atoms with Gasteiger partial charge in [0.2, 0.25) is 0 Å². The van der Waals surface area contributed by atoms with Crippen LogP contribution in [0.4, 0.5) is 0 Å². The second-order valence-electron chi connectivity index (χ2n) is 14.0. The molecular weight excluding hydrogens is 536 g/mol. The van der Waals surface area contributed by atoms with Gasteiger partial charge < -0.3 is 35.0 Å². The van der Waals surface area contributed by atoms with Gasteiger partial charge in [0.05, 0.1) is 11.7 Å². The number of carboxylic acids is 1. The van der Waals surface area contributed by atoms with Gasteiger partial charge in [-0.1, -0.05) is 62.8 Å². The normalized spacial score (nSPS) is 41.3. The van der Waals surface area contributed by atoms with Crippen LogP contribution in [0.1, 0.15) is 86.0 Å². The van der Waals surface area contributed by atoms with E-state index in [1.165, 1.54) is 36.8 Å². The van der Waals surface area contributed by atoms with Crippen molar-refractivity contribution in [1.29, 1.82) is 0 Å². The molecule has 0 spiro atoms. The molecule has 5 N–H and O–H groups in total. The fraction of sp³-hybridized carbons (Fsp3) is 0.735. The maximum Gasteiger partial charge on any atom is 0.335 e. The Morgan fingerprint density at radius 3 is 2.45 bits per heavy atom. The summed E-state index contributed by atoms with van der Waals surface area (Å²) in [7, 11) is 0. The Morgan fingerprint density at radius 2 is 1.76 bits per heavy atom. The average Bonchev–Trinajstić information content (AvgIpc) is 3.29. The molecule has 236 valence electrons. The second kappa shape index (κ2) is 13.0. The van der Waals surface area contributed by atoms with Gasteiger partial charge in [-0.3, -0.25) is 0 Å². The summed E-state index contributed by atoms with van der Waals surface area (Å²) in [6.45, 7) is 14.7. The van der Waals surface area contributed by atoms with Crippen LogP contribution < -0.4 is 0 Å². The molecule has 8 nitrogen and oxygen atoms in total. The Bertz CT molecular complexity index is 1090. The molecule has 4 rings (SSSR count). The number of aliphatic carboxylic acids is 1. The fourth-order valence-corrected chi connectivity index (χ4v) is 7.80. The molecule has 1 heterocycles. The number of allylic oxidation sites excluding steroid dienone is 5. The smallest absolute Gasteiger partial charge is 0.335 e. The van der Waals surface area contributed by atoms with E-state index in [0.29, 0.717) is 24.2 Å². The van der Waals surface area contributed by atoms with Gasteiger partial charge in [-0.05, 0) is 94.0 Å². The van der Waals surface area contributed by atoms with E-state index in [1.807, 2.05) is 20.8 Å². The van der Waals surface area contributed by atoms with E-state index in [0.717, 1.165) is 24.8 Å². The molecule has 11 atom stereocenters. The van der Waals surface area contributed by atoms with Gasteiger partial charge in [-0.25, -0.2) is 4.79 Å². The Labute approximate surface area is 250 Å². The number of fused-ring (bicyclic) bond motifs is 1. The van der Waals surface area contributed by atoms with Crippen molar-refractivity contribution in [3.63, 3.8) is 0 Å². The molecule has 3 aliphatic carbocycles. The van der Waals surface area contributed by atoms with Crippen LogP contribution in [-0.2, 0) is 14.3 Å². The monoisotopic (exact) mass is 588 g/mol. The van der Waals surface area contributed by atoms with Crippen molar-refractivity contribution in [2.45, 2.75) is 128 Å². The number of hydrogen-bond acceptors (Lipinski definition) is 7. The molecule has 0 amide bonds. The lowest BCUT2D eigenvalue weighted by atomic mass is 9.61. The summed E-state index contributed by atoms with van der Waals surface area (Å²) in [4.78, 5) is 11.5. The van der Waals surface area contributed by atoms with Crippen LogP contribution in [0.2, 0.25) is 0 Å². The maximum absolute atomic E-state index is 11.5. The first-order chi connectivity index (χ1) is 19.7. The van der Waals surface area contributed by atoms with Gasteiger partial charge in [0.1, 0.15) is 18.3 Å². The van der Waals surface area contributed by atoms with Crippen molar-refractivity contribution in [3.8, 4) is 0 Å². The van der Waals surface area contributed by atoms with Crippen LogP contribution in [0.3, 0.4) is 0 Å². The van der Waals surface area contributed by atoms with Gasteiger partial charge in [0.15, 0.2) is 12.4 Å². The minimum Gasteiger partial charge on any atom is -0.479 e. The quantitative estimate of drug-likeness (QED) is 0.258. The molecule has 8 heteroatoms. The predicted molar refractivity (Wildman–Crippen MR) is 160 cm³/mol. The zero-order valence-corrected chi connectivity index (χ0v) is 25.9. The number of rotatable bonds is 8. The second-order valence-corrected chi connectivity index (χ2v) is 14.0. The van der Waals surface area contributed by atoms with E-state index in [1.54, 1.807) is 0 Å². The first-order valence-corrected chi connectivity index (χ1v) is 15.7. The number of carboxylic acid groups (broad SMARTS) is 1. The third kappa shape index (κ3) is 6.79. The van der Waals surface area contributed by atoms with Crippen LogP contribution in [0.15, 0.2) is 47.6 Å². The summed E-state index contributed by atoms with van der Waals surface area (Å²) in [6.07, 6.45) is 8.80. The van der Waals surface area contributed by atoms with E-state index in [9.17, 15) is 30.3 Å². The first-order valence-electron chi connectivity index (χ1n) is 15.7. The molecular formula is C34H52O8. The minimum absolute atomic E-state index is 0.111. The number of aliphatic hydroxyl groups is 4. The lowest BCUT2D eigenvalue weighted by molar-refractivity contribution is -0.319. The number of hydrogen-bond donors (Lipinski definition) is 5. The topological polar surface area (TPSA) is 137 Å². The van der Waals surface area contributed by atoms with Crippen molar-refractivity contribution >= 4 is 5.97 Å². The summed E-state index contributed by atoms with van der Waals surface area (Å²) < 4.78 is 11.4. The number of aliphatic hydroxyl groups excluding tert-OH is 4. The van der Waals surface area contributed by atoms with Gasteiger partial charge in [0, 0.05) is 5.92 Å². The zero-order chi connectivity index (χ0) is 31.0. The van der Waals surface area contributed by atoms with Crippen molar-refractivity contribution < 1.29 is 39.8 Å². The highest BCUT2D eigenvalue weighted by atomic mass is 16.7. The standard InChI is InChI=1S/C34H52O8/c1-19-10-14-24(35)18-23(19)13-12-22-8-7-17-34(6)25(15-16-26(22)34)20(2)9-11-21(3)33(4,5)42-32-29(38)27(36)28(37)30(41-32)31(39)40/h9,11-13,20-21,24-30,32,35-38H,1,7-8,10,14-18H2,2-6H3,(H,39,40)/t20-,21+,24?,25-,26?,27+,28+,29-,30+,32+,34-/m1/s1. The van der Waals surface area contributed by atoms with Gasteiger partial charge in [-0.15, -0.1) is 0 Å². The van der Waals surface area contributed by atoms with Gasteiger partial charge in [-0.2, -0.15) is 0 Å². The van der Waals surface area contributed by atoms with E-state index >= 15 is 0 Å². The lowest BCUT2D eigenvalue weighted by Gasteiger charge is -2.44. The molecule has 2 unspecified atom stereocenters. The third-order valence-electron chi connectivity index (χ3n) is 10.9. The molecule has 0 aromatic heterocycles. The van der Waals surface area contributed by atoms with Gasteiger partial charge in [0.25, 0.3) is 0 Å². The maximum atomic E-state index is 11.5. The number of ether oxygens (including phenoxy) is 2. The van der Waals surface area contributed by atoms with Crippen molar-refractivity contribution in [2.75, 3.05) is 0 Å². The van der Waals surface area contributed by atoms with Crippen LogP contribution in [0.25, 0.3) is 0 Å². The highest BCUT2D eigenvalue weighted by Crippen LogP contribution is 2.59. The molecule has 4 fully saturated rings. The van der Waals surface area contributed by atoms with Crippen LogP contribution in [-0.4, -0.2) is 73.9 Å². The molecule has 0 bridgehead atoms. The Hall–Kier alpha value is -1.81. The Kier molecular flexibility index (Phi) is 10.3. The van der Waals surface area contributed by atoms with Crippen LogP contribution in [0.5, 0.6) is 0 Å². The molecule has 0 aromatic rings. The molecule has 0 aromatic carbocycles. The Balaban J connectivity index is 1.41. The SMILES string of the molecule is C=C1CCC(O)CC1=CC=C1CCC[C@@]2(C)C1CC[C@@H]2[C@H](C)C=C[C@H](C)C(C)(C)O[C@@H]1O[C@H](C(=O)O)[C@@H](O)[C@H](O)[C@H]1O. The summed E-state index contributed by atoms with van der Waals surface area (Å²) in [5.41, 5.74) is 3.24. The molecule has 1 saturated heterocycles. The molecule has 1 aliphatic heterocycles. The minimum atomic E-state index is -1.75. The third-order valence-corrected chi connectivity index (χ3v) is 10.9. The van der Waals surface area contributed by atoms with Gasteiger partial charge >= 0.3 is 5.97 Å². The zero-order valence-electron chi connectivity index (χ0n) is 25.9. The largest absolute Gasteiger partial charge is 0.479 e. The van der Waals surface area contributed by atoms with Crippen molar-refractivity contribution in [1.82, 2.24) is 0 Å². The highest BCUT2D eigenvalue weighted by molar-refractivity contribution is 5.73. The molecule has 4 aliphatic rings. The summed E-state index contributed by atoms with van der Waals surface area (Å²) in [5, 5.41) is 50.1. The van der Waals surface area contributed by atoms with Crippen LogP contribution in [0, 0.1) is 29.1 Å². The molecule has 3 saturated carbocycles. The van der Waals surface area contributed by atoms with Crippen LogP contribution >= 0.6 is 0 Å². The fourth-order valence-electron chi connectivity index (χ4n) is 7.80. The lowest BCUT2D eigenvalue weighted by Crippen LogP contribution is -2.61. The highest BCUT2D eigenvalue weighted by Gasteiger charge is 2.51. The molecule has 0 radical (unpaired) electrons. The summed E-state index contributed by atoms with van der Waals surface area (Å²) in [5.74, 6) is -0.110. The van der Waals surface area contributed by atoms with Crippen molar-refractivity contribution in [3.05, 3.63) is 47.6 Å². The summed E-state index contributed by atoms with van der Waals surface area (Å²) >= 11 is 0. The van der Waals surface area contributed by atoms with Crippen molar-refractivity contribution in [2.24, 2.45) is 29.1 Å². The van der Waals surface area contributed by atoms with E-state index in [2.05, 4.69) is 44.7 Å². The van der Waals surface area contributed by atoms with E-state index < -0.39 is 42.3 Å². The predicted octanol–water partition coefficient (Wildman–Crippen LogP) is 4.67. The van der Waals surface area contributed by atoms with E-state index in [-0.39, 0.29) is 17.4 Å².